The number of hydrogen-bond acceptors (Lipinski definition) is 4. The molecule has 0 aliphatic rings. The van der Waals surface area contributed by atoms with Crippen LogP contribution in [0.2, 0.25) is 0 Å². The number of aromatic nitrogens is 2. The summed E-state index contributed by atoms with van der Waals surface area (Å²) in [6, 6.07) is 11.0. The van der Waals surface area contributed by atoms with E-state index in [4.69, 9.17) is 4.74 Å². The number of rotatable bonds is 2. The Balaban J connectivity index is 2.09. The molecule has 0 saturated carbocycles. The molecule has 2 aromatic heterocycles. The first-order valence-electron chi connectivity index (χ1n) is 8.71. The maximum atomic E-state index is 13.2. The number of ether oxygens (including phenoxy) is 1. The zero-order valence-corrected chi connectivity index (χ0v) is 16.2. The smallest absolute Gasteiger partial charge is 0.419 e. The van der Waals surface area contributed by atoms with Crippen molar-refractivity contribution in [3.05, 3.63) is 60.0 Å². The third kappa shape index (κ3) is 3.84. The summed E-state index contributed by atoms with van der Waals surface area (Å²) in [6.07, 6.45) is 2.62. The van der Waals surface area contributed by atoms with Gasteiger partial charge in [-0.3, -0.25) is 9.78 Å². The zero-order chi connectivity index (χ0) is 19.8. The Morgan fingerprint density at radius 3 is 2.56 bits per heavy atom. The van der Waals surface area contributed by atoms with Crippen LogP contribution in [0.25, 0.3) is 10.9 Å². The molecular formula is C21H23N3O3. The Morgan fingerprint density at radius 1 is 1.15 bits per heavy atom. The van der Waals surface area contributed by atoms with Gasteiger partial charge in [0.25, 0.3) is 5.91 Å². The fourth-order valence-corrected chi connectivity index (χ4v) is 2.84. The summed E-state index contributed by atoms with van der Waals surface area (Å²) in [7, 11) is 1.69. The van der Waals surface area contributed by atoms with Crippen LogP contribution >= 0.6 is 0 Å². The molecule has 1 aromatic carbocycles. The van der Waals surface area contributed by atoms with Crippen LogP contribution in [0.15, 0.2) is 48.8 Å². The summed E-state index contributed by atoms with van der Waals surface area (Å²) in [5.74, 6) is -0.303. The van der Waals surface area contributed by atoms with E-state index < -0.39 is 11.7 Å². The predicted octanol–water partition coefficient (Wildman–Crippen LogP) is 4.40. The van der Waals surface area contributed by atoms with E-state index in [-0.39, 0.29) is 11.6 Å². The molecule has 0 bridgehead atoms. The van der Waals surface area contributed by atoms with Crippen molar-refractivity contribution in [1.29, 1.82) is 0 Å². The normalized spacial score (nSPS) is 11.4. The van der Waals surface area contributed by atoms with Gasteiger partial charge in [-0.15, -0.1) is 0 Å². The van der Waals surface area contributed by atoms with E-state index in [2.05, 4.69) is 4.98 Å². The lowest BCUT2D eigenvalue weighted by Crippen LogP contribution is -2.33. The van der Waals surface area contributed by atoms with Gasteiger partial charge in [-0.05, 0) is 57.5 Å². The monoisotopic (exact) mass is 365 g/mol. The summed E-state index contributed by atoms with van der Waals surface area (Å²) >= 11 is 0. The van der Waals surface area contributed by atoms with E-state index in [9.17, 15) is 9.59 Å². The lowest BCUT2D eigenvalue weighted by molar-refractivity contribution is 0.0535. The van der Waals surface area contributed by atoms with Gasteiger partial charge in [0, 0.05) is 30.5 Å². The molecule has 3 rings (SSSR count). The molecule has 0 radical (unpaired) electrons. The molecule has 0 spiro atoms. The molecule has 3 aromatic rings. The predicted molar refractivity (Wildman–Crippen MR) is 105 cm³/mol. The van der Waals surface area contributed by atoms with Crippen molar-refractivity contribution in [3.63, 3.8) is 0 Å². The number of carbonyl (C=O) groups excluding carboxylic acids is 2. The van der Waals surface area contributed by atoms with Gasteiger partial charge in [-0.2, -0.15) is 0 Å². The molecule has 6 heteroatoms. The molecule has 1 amide bonds. The topological polar surface area (TPSA) is 64.4 Å². The van der Waals surface area contributed by atoms with Crippen molar-refractivity contribution in [3.8, 4) is 0 Å². The highest BCUT2D eigenvalue weighted by atomic mass is 16.6. The first kappa shape index (κ1) is 18.6. The van der Waals surface area contributed by atoms with E-state index >= 15 is 0 Å². The molecule has 27 heavy (non-hydrogen) atoms. The quantitative estimate of drug-likeness (QED) is 0.675. The summed E-state index contributed by atoms with van der Waals surface area (Å²) in [4.78, 5) is 31.6. The van der Waals surface area contributed by atoms with Crippen molar-refractivity contribution in [2.24, 2.45) is 0 Å². The van der Waals surface area contributed by atoms with Gasteiger partial charge in [0.15, 0.2) is 0 Å². The van der Waals surface area contributed by atoms with Crippen LogP contribution in [0.5, 0.6) is 0 Å². The molecule has 2 heterocycles. The Morgan fingerprint density at radius 2 is 1.89 bits per heavy atom. The van der Waals surface area contributed by atoms with Crippen LogP contribution in [-0.2, 0) is 4.74 Å². The van der Waals surface area contributed by atoms with Crippen LogP contribution in [0.4, 0.5) is 10.5 Å². The molecule has 140 valence electrons. The van der Waals surface area contributed by atoms with Gasteiger partial charge >= 0.3 is 6.09 Å². The maximum absolute atomic E-state index is 13.2. The minimum atomic E-state index is -0.677. The molecule has 0 aliphatic heterocycles. The van der Waals surface area contributed by atoms with Crippen molar-refractivity contribution >= 4 is 28.6 Å². The van der Waals surface area contributed by atoms with Gasteiger partial charge in [0.05, 0.1) is 5.52 Å². The average Bonchev–Trinajstić information content (AvgIpc) is 2.98. The van der Waals surface area contributed by atoms with Gasteiger partial charge in [-0.1, -0.05) is 12.1 Å². The lowest BCUT2D eigenvalue weighted by atomic mass is 10.2. The summed E-state index contributed by atoms with van der Waals surface area (Å²) in [5.41, 5.74) is 1.93. The van der Waals surface area contributed by atoms with Crippen LogP contribution in [-0.4, -0.2) is 34.2 Å². The van der Waals surface area contributed by atoms with E-state index in [0.29, 0.717) is 10.9 Å². The van der Waals surface area contributed by atoms with Gasteiger partial charge < -0.3 is 9.64 Å². The largest absolute Gasteiger partial charge is 0.443 e. The molecule has 0 saturated heterocycles. The second-order valence-electron chi connectivity index (χ2n) is 7.48. The van der Waals surface area contributed by atoms with E-state index in [1.165, 1.54) is 9.47 Å². The molecular weight excluding hydrogens is 342 g/mol. The Bertz CT molecular complexity index is 1010. The minimum Gasteiger partial charge on any atom is -0.443 e. The summed E-state index contributed by atoms with van der Waals surface area (Å²) < 4.78 is 6.83. The van der Waals surface area contributed by atoms with E-state index in [0.717, 1.165) is 11.3 Å². The van der Waals surface area contributed by atoms with Crippen LogP contribution in [0, 0.1) is 6.92 Å². The highest BCUT2D eigenvalue weighted by Gasteiger charge is 2.27. The first-order chi connectivity index (χ1) is 12.7. The molecule has 0 aliphatic carbocycles. The number of anilines is 1. The standard InChI is InChI=1S/C21H23N3O3/c1-14-7-6-8-16(11-14)23(5)19(25)18-12-15-13-22-10-9-17(15)24(18)20(26)27-21(2,3)4/h6-13H,1-5H3. The number of pyridine rings is 1. The highest BCUT2D eigenvalue weighted by molar-refractivity contribution is 6.10. The average molecular weight is 365 g/mol. The number of amides is 1. The Kier molecular flexibility index (Phi) is 4.74. The van der Waals surface area contributed by atoms with E-state index in [1.54, 1.807) is 52.3 Å². The molecule has 6 nitrogen and oxygen atoms in total. The Labute approximate surface area is 158 Å². The summed E-state index contributed by atoms with van der Waals surface area (Å²) in [6.45, 7) is 7.33. The van der Waals surface area contributed by atoms with E-state index in [1.807, 2.05) is 31.2 Å². The van der Waals surface area contributed by atoms with Crippen molar-refractivity contribution in [2.75, 3.05) is 11.9 Å². The third-order valence-corrected chi connectivity index (χ3v) is 4.09. The number of aryl methyl sites for hydroxylation is 1. The number of nitrogens with zero attached hydrogens (tertiary/aromatic N) is 3. The summed E-state index contributed by atoms with van der Waals surface area (Å²) in [5, 5.41) is 0.698. The van der Waals surface area contributed by atoms with Crippen LogP contribution < -0.4 is 4.90 Å². The maximum Gasteiger partial charge on any atom is 0.419 e. The fraction of sp³-hybridized carbons (Fsp3) is 0.286. The third-order valence-electron chi connectivity index (χ3n) is 4.09. The van der Waals surface area contributed by atoms with Crippen molar-refractivity contribution in [2.45, 2.75) is 33.3 Å². The van der Waals surface area contributed by atoms with Gasteiger partial charge in [-0.25, -0.2) is 9.36 Å². The minimum absolute atomic E-state index is 0.233. The number of carbonyl (C=O) groups is 2. The SMILES string of the molecule is Cc1cccc(N(C)C(=O)c2cc3cnccc3n2C(=O)OC(C)(C)C)c1. The van der Waals surface area contributed by atoms with Gasteiger partial charge in [0.2, 0.25) is 0 Å². The van der Waals surface area contributed by atoms with Gasteiger partial charge in [0.1, 0.15) is 11.3 Å². The second-order valence-corrected chi connectivity index (χ2v) is 7.48. The van der Waals surface area contributed by atoms with Crippen LogP contribution in [0.1, 0.15) is 36.8 Å². The fourth-order valence-electron chi connectivity index (χ4n) is 2.84. The van der Waals surface area contributed by atoms with Crippen molar-refractivity contribution in [1.82, 2.24) is 9.55 Å². The Hall–Kier alpha value is -3.15. The molecule has 0 unspecified atom stereocenters. The lowest BCUT2D eigenvalue weighted by Gasteiger charge is -2.22. The second kappa shape index (κ2) is 6.87. The first-order valence-corrected chi connectivity index (χ1v) is 8.71. The highest BCUT2D eigenvalue weighted by Crippen LogP contribution is 2.24. The molecule has 0 atom stereocenters. The number of benzene rings is 1. The van der Waals surface area contributed by atoms with Crippen molar-refractivity contribution < 1.29 is 14.3 Å². The number of hydrogen-bond donors (Lipinski definition) is 0. The number of fused-ring (bicyclic) bond motifs is 1. The van der Waals surface area contributed by atoms with Crippen LogP contribution in [0.3, 0.4) is 0 Å². The zero-order valence-electron chi connectivity index (χ0n) is 16.2. The molecule has 0 fully saturated rings. The molecule has 0 N–H and O–H groups in total.